The van der Waals surface area contributed by atoms with E-state index in [1.165, 1.54) is 38.4 Å². The molecule has 3 aromatic rings. The number of rotatable bonds is 10. The number of amides is 1. The molecule has 0 saturated carbocycles. The van der Waals surface area contributed by atoms with Crippen LogP contribution >= 0.6 is 11.6 Å². The van der Waals surface area contributed by atoms with Crippen molar-refractivity contribution < 1.29 is 33.6 Å². The zero-order valence-corrected chi connectivity index (χ0v) is 22.9. The van der Waals surface area contributed by atoms with Crippen LogP contribution in [0.1, 0.15) is 28.3 Å². The molecular weight excluding hydrogens is 522 g/mol. The third kappa shape index (κ3) is 5.72. The molecule has 1 unspecified atom stereocenters. The molecule has 9 heteroatoms. The highest BCUT2D eigenvalue weighted by atomic mass is 35.5. The first kappa shape index (κ1) is 28.0. The number of ketones is 1. The molecular formula is C30H30ClNO7. The highest BCUT2D eigenvalue weighted by Crippen LogP contribution is 2.43. The average Bonchev–Trinajstić information content (AvgIpc) is 3.20. The van der Waals surface area contributed by atoms with Gasteiger partial charge in [0, 0.05) is 19.7 Å². The minimum absolute atomic E-state index is 0.0765. The molecule has 0 bridgehead atoms. The molecule has 1 aliphatic heterocycles. The molecule has 1 fully saturated rings. The SMILES string of the molecule is COCCN1C(=O)C(=O)/C(=C(/O)c2cc(OC)c(Cl)cc2OC)C1c1ccc(OCc2ccccc2C)cc1. The predicted molar refractivity (Wildman–Crippen MR) is 147 cm³/mol. The number of Topliss-reactive ketones (excluding diaryl/α,β-unsaturated/α-hetero) is 1. The third-order valence-electron chi connectivity index (χ3n) is 6.66. The minimum atomic E-state index is -0.864. The van der Waals surface area contributed by atoms with Gasteiger partial charge in [0.1, 0.15) is 29.6 Å². The van der Waals surface area contributed by atoms with Crippen molar-refractivity contribution in [2.45, 2.75) is 19.6 Å². The standard InChI is InChI=1S/C30H30ClNO7/c1-18-7-5-6-8-20(18)17-39-21-11-9-19(10-12-21)27-26(29(34)30(35)32(27)13-14-36-2)28(33)22-15-25(38-4)23(31)16-24(22)37-3/h5-12,15-16,27,33H,13-14,17H2,1-4H3/b28-26+. The van der Waals surface area contributed by atoms with Gasteiger partial charge in [-0.2, -0.15) is 0 Å². The Morgan fingerprint density at radius 3 is 2.31 bits per heavy atom. The Morgan fingerprint density at radius 2 is 1.67 bits per heavy atom. The van der Waals surface area contributed by atoms with E-state index in [4.69, 9.17) is 30.5 Å². The lowest BCUT2D eigenvalue weighted by Gasteiger charge is -2.25. The molecule has 4 rings (SSSR count). The van der Waals surface area contributed by atoms with Crippen LogP contribution in [0.5, 0.6) is 17.2 Å². The molecule has 1 saturated heterocycles. The zero-order valence-electron chi connectivity index (χ0n) is 22.2. The van der Waals surface area contributed by atoms with Crippen molar-refractivity contribution >= 4 is 29.1 Å². The van der Waals surface area contributed by atoms with E-state index in [1.54, 1.807) is 24.3 Å². The van der Waals surface area contributed by atoms with Crippen molar-refractivity contribution in [2.24, 2.45) is 0 Å². The fourth-order valence-electron chi connectivity index (χ4n) is 4.52. The lowest BCUT2D eigenvalue weighted by Crippen LogP contribution is -2.32. The van der Waals surface area contributed by atoms with E-state index in [1.807, 2.05) is 31.2 Å². The summed E-state index contributed by atoms with van der Waals surface area (Å²) in [6.07, 6.45) is 0. The van der Waals surface area contributed by atoms with Gasteiger partial charge < -0.3 is 29.0 Å². The predicted octanol–water partition coefficient (Wildman–Crippen LogP) is 5.31. The van der Waals surface area contributed by atoms with Crippen molar-refractivity contribution in [2.75, 3.05) is 34.5 Å². The molecule has 0 aliphatic carbocycles. The first-order chi connectivity index (χ1) is 18.8. The number of aryl methyl sites for hydroxylation is 1. The number of benzene rings is 3. The van der Waals surface area contributed by atoms with E-state index >= 15 is 0 Å². The molecule has 8 nitrogen and oxygen atoms in total. The lowest BCUT2D eigenvalue weighted by atomic mass is 9.95. The number of halogens is 1. The number of likely N-dealkylation sites (tertiary alicyclic amines) is 1. The molecule has 39 heavy (non-hydrogen) atoms. The number of methoxy groups -OCH3 is 3. The Labute approximate surface area is 232 Å². The molecule has 0 radical (unpaired) electrons. The molecule has 1 N–H and O–H groups in total. The molecule has 1 atom stereocenters. The van der Waals surface area contributed by atoms with E-state index < -0.39 is 23.5 Å². The quantitative estimate of drug-likeness (QED) is 0.207. The summed E-state index contributed by atoms with van der Waals surface area (Å²) in [5, 5.41) is 11.7. The maximum atomic E-state index is 13.3. The summed E-state index contributed by atoms with van der Waals surface area (Å²) < 4.78 is 21.8. The molecule has 204 valence electrons. The van der Waals surface area contributed by atoms with Gasteiger partial charge in [0.2, 0.25) is 0 Å². The van der Waals surface area contributed by atoms with Crippen molar-refractivity contribution in [1.82, 2.24) is 4.90 Å². The van der Waals surface area contributed by atoms with Gasteiger partial charge in [0.05, 0.1) is 43.0 Å². The van der Waals surface area contributed by atoms with Gasteiger partial charge in [-0.1, -0.05) is 48.0 Å². The number of aliphatic hydroxyl groups excluding tert-OH is 1. The number of carbonyl (C=O) groups is 2. The Morgan fingerprint density at radius 1 is 0.974 bits per heavy atom. The molecule has 1 amide bonds. The van der Waals surface area contributed by atoms with Crippen LogP contribution in [0.25, 0.3) is 5.76 Å². The van der Waals surface area contributed by atoms with Gasteiger partial charge in [-0.3, -0.25) is 9.59 Å². The van der Waals surface area contributed by atoms with Crippen LogP contribution in [0, 0.1) is 6.92 Å². The molecule has 0 aromatic heterocycles. The number of ether oxygens (including phenoxy) is 4. The second-order valence-electron chi connectivity index (χ2n) is 8.96. The van der Waals surface area contributed by atoms with Gasteiger partial charge in [-0.25, -0.2) is 0 Å². The van der Waals surface area contributed by atoms with Crippen LogP contribution < -0.4 is 14.2 Å². The topological polar surface area (TPSA) is 94.5 Å². The minimum Gasteiger partial charge on any atom is -0.507 e. The molecule has 1 aliphatic rings. The Kier molecular flexibility index (Phi) is 8.79. The number of aliphatic hydroxyl groups is 1. The smallest absolute Gasteiger partial charge is 0.295 e. The van der Waals surface area contributed by atoms with Gasteiger partial charge in [0.15, 0.2) is 0 Å². The van der Waals surface area contributed by atoms with Gasteiger partial charge in [-0.15, -0.1) is 0 Å². The Balaban J connectivity index is 1.75. The highest BCUT2D eigenvalue weighted by Gasteiger charge is 2.46. The Bertz CT molecular complexity index is 1400. The zero-order chi connectivity index (χ0) is 28.1. The lowest BCUT2D eigenvalue weighted by molar-refractivity contribution is -0.140. The number of carbonyl (C=O) groups excluding carboxylic acids is 2. The molecule has 0 spiro atoms. The summed E-state index contributed by atoms with van der Waals surface area (Å²) >= 11 is 6.23. The van der Waals surface area contributed by atoms with Gasteiger partial charge >= 0.3 is 0 Å². The van der Waals surface area contributed by atoms with E-state index in [0.717, 1.165) is 11.1 Å². The maximum Gasteiger partial charge on any atom is 0.295 e. The molecule has 3 aromatic carbocycles. The van der Waals surface area contributed by atoms with Crippen molar-refractivity contribution in [3.8, 4) is 17.2 Å². The monoisotopic (exact) mass is 551 g/mol. The summed E-state index contributed by atoms with van der Waals surface area (Å²) in [7, 11) is 4.36. The van der Waals surface area contributed by atoms with Crippen molar-refractivity contribution in [3.63, 3.8) is 0 Å². The van der Waals surface area contributed by atoms with Crippen molar-refractivity contribution in [3.05, 3.63) is 93.5 Å². The summed E-state index contributed by atoms with van der Waals surface area (Å²) in [5.41, 5.74) is 2.92. The van der Waals surface area contributed by atoms with E-state index in [2.05, 4.69) is 0 Å². The first-order valence-corrected chi connectivity index (χ1v) is 12.6. The van der Waals surface area contributed by atoms with Crippen LogP contribution in [-0.2, 0) is 20.9 Å². The summed E-state index contributed by atoms with van der Waals surface area (Å²) in [5.74, 6) is -0.827. The summed E-state index contributed by atoms with van der Waals surface area (Å²) in [6, 6.07) is 17.1. The average molecular weight is 552 g/mol. The van der Waals surface area contributed by atoms with Crippen LogP contribution in [0.15, 0.2) is 66.2 Å². The Hall–Kier alpha value is -4.01. The second kappa shape index (κ2) is 12.2. The maximum absolute atomic E-state index is 13.3. The third-order valence-corrected chi connectivity index (χ3v) is 6.95. The fraction of sp³-hybridized carbons (Fsp3) is 0.267. The fourth-order valence-corrected chi connectivity index (χ4v) is 4.75. The van der Waals surface area contributed by atoms with E-state index in [0.29, 0.717) is 17.9 Å². The highest BCUT2D eigenvalue weighted by molar-refractivity contribution is 6.46. The van der Waals surface area contributed by atoms with Gasteiger partial charge in [-0.05, 0) is 41.8 Å². The van der Waals surface area contributed by atoms with Crippen LogP contribution in [0.4, 0.5) is 0 Å². The van der Waals surface area contributed by atoms with Gasteiger partial charge in [0.25, 0.3) is 11.7 Å². The largest absolute Gasteiger partial charge is 0.507 e. The first-order valence-electron chi connectivity index (χ1n) is 12.3. The van der Waals surface area contributed by atoms with E-state index in [-0.39, 0.29) is 40.8 Å². The van der Waals surface area contributed by atoms with E-state index in [9.17, 15) is 14.7 Å². The number of hydrogen-bond acceptors (Lipinski definition) is 7. The van der Waals surface area contributed by atoms with Crippen LogP contribution in [0.2, 0.25) is 5.02 Å². The summed E-state index contributed by atoms with van der Waals surface area (Å²) in [6.45, 7) is 2.78. The number of nitrogens with zero attached hydrogens (tertiary/aromatic N) is 1. The molecule has 1 heterocycles. The second-order valence-corrected chi connectivity index (χ2v) is 9.36. The van der Waals surface area contributed by atoms with Crippen LogP contribution in [0.3, 0.4) is 0 Å². The van der Waals surface area contributed by atoms with Crippen LogP contribution in [-0.4, -0.2) is 56.2 Å². The number of hydrogen-bond donors (Lipinski definition) is 1. The summed E-state index contributed by atoms with van der Waals surface area (Å²) in [4.78, 5) is 27.8. The normalized spacial score (nSPS) is 16.4. The van der Waals surface area contributed by atoms with Crippen molar-refractivity contribution in [1.29, 1.82) is 0 Å².